The maximum absolute atomic E-state index is 9.14. The molecule has 1 heterocycles. The number of rotatable bonds is 6. The van der Waals surface area contributed by atoms with Crippen molar-refractivity contribution in [3.8, 4) is 0 Å². The number of nitrogens with two attached hydrogens (primary N) is 1. The van der Waals surface area contributed by atoms with Gasteiger partial charge < -0.3 is 15.4 Å². The highest BCUT2D eigenvalue weighted by Crippen LogP contribution is 2.38. The molecule has 1 aromatic heterocycles. The molecule has 2 rings (SSSR count). The average Bonchev–Trinajstić information content (AvgIpc) is 3.04. The molecule has 0 amide bonds. The van der Waals surface area contributed by atoms with Crippen LogP contribution in [-0.4, -0.2) is 27.3 Å². The molecule has 4 nitrogen and oxygen atoms in total. The third kappa shape index (κ3) is 2.28. The summed E-state index contributed by atoms with van der Waals surface area (Å²) in [7, 11) is 0. The summed E-state index contributed by atoms with van der Waals surface area (Å²) in [6.07, 6.45) is 7.97. The second-order valence-corrected chi connectivity index (χ2v) is 4.65. The lowest BCUT2D eigenvalue weighted by atomic mass is 9.92. The summed E-state index contributed by atoms with van der Waals surface area (Å²) in [5.41, 5.74) is 7.33. The van der Waals surface area contributed by atoms with E-state index < -0.39 is 0 Å². The van der Waals surface area contributed by atoms with Crippen LogP contribution in [-0.2, 0) is 0 Å². The predicted octanol–water partition coefficient (Wildman–Crippen LogP) is 1.42. The standard InChI is InChI=1S/C12H21N3O/c1-2-11(13)10(5-6-16)12-7-14-8-15(12)9-3-4-9/h7-11,16H,2-6,13H2,1H3. The van der Waals surface area contributed by atoms with E-state index in [1.54, 1.807) is 0 Å². The predicted molar refractivity (Wildman–Crippen MR) is 63.2 cm³/mol. The minimum atomic E-state index is 0.112. The molecule has 1 saturated carbocycles. The number of nitrogens with zero attached hydrogens (tertiary/aromatic N) is 2. The highest BCUT2D eigenvalue weighted by atomic mass is 16.3. The zero-order chi connectivity index (χ0) is 11.5. The van der Waals surface area contributed by atoms with Gasteiger partial charge in [0.05, 0.1) is 6.33 Å². The molecule has 16 heavy (non-hydrogen) atoms. The minimum Gasteiger partial charge on any atom is -0.396 e. The van der Waals surface area contributed by atoms with Gasteiger partial charge in [0.2, 0.25) is 0 Å². The number of hydrogen-bond acceptors (Lipinski definition) is 3. The lowest BCUT2D eigenvalue weighted by Crippen LogP contribution is -2.29. The van der Waals surface area contributed by atoms with Crippen molar-refractivity contribution in [1.29, 1.82) is 0 Å². The van der Waals surface area contributed by atoms with Crippen LogP contribution in [0, 0.1) is 0 Å². The van der Waals surface area contributed by atoms with Gasteiger partial charge in [-0.1, -0.05) is 6.92 Å². The first kappa shape index (κ1) is 11.6. The lowest BCUT2D eigenvalue weighted by molar-refractivity contribution is 0.263. The quantitative estimate of drug-likeness (QED) is 0.766. The summed E-state index contributed by atoms with van der Waals surface area (Å²) < 4.78 is 2.25. The van der Waals surface area contributed by atoms with Crippen molar-refractivity contribution in [3.63, 3.8) is 0 Å². The zero-order valence-electron chi connectivity index (χ0n) is 9.84. The Balaban J connectivity index is 2.19. The van der Waals surface area contributed by atoms with Crippen molar-refractivity contribution in [3.05, 3.63) is 18.2 Å². The molecule has 2 atom stereocenters. The van der Waals surface area contributed by atoms with Gasteiger partial charge in [-0.05, 0) is 25.7 Å². The van der Waals surface area contributed by atoms with E-state index in [-0.39, 0.29) is 18.6 Å². The van der Waals surface area contributed by atoms with Gasteiger partial charge in [0.1, 0.15) is 0 Å². The molecule has 0 aliphatic heterocycles. The molecule has 0 saturated heterocycles. The normalized spacial score (nSPS) is 19.7. The summed E-state index contributed by atoms with van der Waals surface area (Å²) in [6.45, 7) is 2.28. The fraction of sp³-hybridized carbons (Fsp3) is 0.750. The molecular weight excluding hydrogens is 202 g/mol. The summed E-state index contributed by atoms with van der Waals surface area (Å²) in [6, 6.07) is 0.740. The highest BCUT2D eigenvalue weighted by molar-refractivity contribution is 5.12. The Morgan fingerprint density at radius 2 is 2.38 bits per heavy atom. The van der Waals surface area contributed by atoms with Gasteiger partial charge in [-0.25, -0.2) is 4.98 Å². The van der Waals surface area contributed by atoms with Gasteiger partial charge in [-0.2, -0.15) is 0 Å². The van der Waals surface area contributed by atoms with E-state index in [4.69, 9.17) is 10.8 Å². The van der Waals surface area contributed by atoms with Gasteiger partial charge in [0, 0.05) is 36.5 Å². The fourth-order valence-electron chi connectivity index (χ4n) is 2.26. The minimum absolute atomic E-state index is 0.112. The van der Waals surface area contributed by atoms with Gasteiger partial charge in [0.15, 0.2) is 0 Å². The van der Waals surface area contributed by atoms with Crippen LogP contribution in [0.3, 0.4) is 0 Å². The Labute approximate surface area is 96.5 Å². The van der Waals surface area contributed by atoms with Crippen LogP contribution in [0.2, 0.25) is 0 Å². The molecule has 4 heteroatoms. The first-order valence-corrected chi connectivity index (χ1v) is 6.16. The molecule has 1 aliphatic rings. The molecule has 0 radical (unpaired) electrons. The Bertz CT molecular complexity index is 333. The van der Waals surface area contributed by atoms with Crippen LogP contribution in [0.4, 0.5) is 0 Å². The number of hydrogen-bond donors (Lipinski definition) is 2. The molecule has 0 spiro atoms. The SMILES string of the molecule is CCC(N)C(CCO)c1cncn1C1CC1. The smallest absolute Gasteiger partial charge is 0.0950 e. The molecule has 90 valence electrons. The van der Waals surface area contributed by atoms with Crippen LogP contribution < -0.4 is 5.73 Å². The van der Waals surface area contributed by atoms with Crippen molar-refractivity contribution in [2.24, 2.45) is 5.73 Å². The summed E-state index contributed by atoms with van der Waals surface area (Å²) in [5, 5.41) is 9.14. The van der Waals surface area contributed by atoms with E-state index in [1.807, 2.05) is 12.5 Å². The fourth-order valence-corrected chi connectivity index (χ4v) is 2.26. The van der Waals surface area contributed by atoms with E-state index in [1.165, 1.54) is 18.5 Å². The van der Waals surface area contributed by atoms with Crippen LogP contribution in [0.5, 0.6) is 0 Å². The molecule has 2 unspecified atom stereocenters. The van der Waals surface area contributed by atoms with Gasteiger partial charge in [-0.15, -0.1) is 0 Å². The summed E-state index contributed by atoms with van der Waals surface area (Å²) >= 11 is 0. The van der Waals surface area contributed by atoms with Gasteiger partial charge in [0.25, 0.3) is 0 Å². The van der Waals surface area contributed by atoms with Crippen LogP contribution >= 0.6 is 0 Å². The molecule has 0 aromatic carbocycles. The van der Waals surface area contributed by atoms with E-state index in [2.05, 4.69) is 16.5 Å². The number of aliphatic hydroxyl groups excluding tert-OH is 1. The molecule has 1 aliphatic carbocycles. The molecule has 1 fully saturated rings. The van der Waals surface area contributed by atoms with E-state index in [0.717, 1.165) is 12.8 Å². The van der Waals surface area contributed by atoms with Crippen molar-refractivity contribution < 1.29 is 5.11 Å². The van der Waals surface area contributed by atoms with Crippen molar-refractivity contribution >= 4 is 0 Å². The average molecular weight is 223 g/mol. The van der Waals surface area contributed by atoms with Gasteiger partial charge >= 0.3 is 0 Å². The van der Waals surface area contributed by atoms with Crippen molar-refractivity contribution in [2.75, 3.05) is 6.61 Å². The largest absolute Gasteiger partial charge is 0.396 e. The number of aromatic nitrogens is 2. The second kappa shape index (κ2) is 4.97. The number of aliphatic hydroxyl groups is 1. The maximum atomic E-state index is 9.14. The molecule has 3 N–H and O–H groups in total. The zero-order valence-corrected chi connectivity index (χ0v) is 9.84. The monoisotopic (exact) mass is 223 g/mol. The summed E-state index contributed by atoms with van der Waals surface area (Å²) in [5.74, 6) is 0.234. The Hall–Kier alpha value is -0.870. The van der Waals surface area contributed by atoms with E-state index >= 15 is 0 Å². The Kier molecular flexibility index (Phi) is 3.61. The first-order chi connectivity index (χ1) is 7.77. The first-order valence-electron chi connectivity index (χ1n) is 6.16. The highest BCUT2D eigenvalue weighted by Gasteiger charge is 2.29. The Morgan fingerprint density at radius 1 is 1.62 bits per heavy atom. The molecule has 0 bridgehead atoms. The maximum Gasteiger partial charge on any atom is 0.0950 e. The third-order valence-corrected chi connectivity index (χ3v) is 3.44. The van der Waals surface area contributed by atoms with Crippen LogP contribution in [0.15, 0.2) is 12.5 Å². The lowest BCUT2D eigenvalue weighted by Gasteiger charge is -2.23. The molecular formula is C12H21N3O. The van der Waals surface area contributed by atoms with Crippen LogP contribution in [0.1, 0.15) is 50.3 Å². The number of imidazole rings is 1. The van der Waals surface area contributed by atoms with Crippen molar-refractivity contribution in [2.45, 2.75) is 50.6 Å². The topological polar surface area (TPSA) is 64.1 Å². The summed E-state index contributed by atoms with van der Waals surface area (Å²) in [4.78, 5) is 4.23. The molecule has 1 aromatic rings. The van der Waals surface area contributed by atoms with Crippen LogP contribution in [0.25, 0.3) is 0 Å². The second-order valence-electron chi connectivity index (χ2n) is 4.65. The Morgan fingerprint density at radius 3 is 2.94 bits per heavy atom. The van der Waals surface area contributed by atoms with Gasteiger partial charge in [-0.3, -0.25) is 0 Å². The van der Waals surface area contributed by atoms with Crippen molar-refractivity contribution in [1.82, 2.24) is 9.55 Å². The van der Waals surface area contributed by atoms with E-state index in [0.29, 0.717) is 6.04 Å². The van der Waals surface area contributed by atoms with E-state index in [9.17, 15) is 0 Å². The third-order valence-electron chi connectivity index (χ3n) is 3.44.